The molecule has 2 N–H and O–H groups in total. The zero-order chi connectivity index (χ0) is 24.0. The first-order chi connectivity index (χ1) is 16.2. The van der Waals surface area contributed by atoms with Crippen LogP contribution in [0, 0.1) is 21.8 Å². The number of rotatable bonds is 5. The number of nitrogens with one attached hydrogen (secondary N) is 2. The molecule has 0 fully saturated rings. The fourth-order valence-electron chi connectivity index (χ4n) is 4.73. The van der Waals surface area contributed by atoms with Crippen LogP contribution in [-0.4, -0.2) is 13.3 Å². The first-order valence-electron chi connectivity index (χ1n) is 10.5. The van der Waals surface area contributed by atoms with Gasteiger partial charge in [-0.2, -0.15) is 0 Å². The zero-order valence-electron chi connectivity index (χ0n) is 17.6. The van der Waals surface area contributed by atoms with Crippen molar-refractivity contribution >= 4 is 38.7 Å². The number of hydrogen-bond donors (Lipinski definition) is 2. The Balaban J connectivity index is 1.50. The molecule has 2 aliphatic rings. The highest BCUT2D eigenvalue weighted by Gasteiger charge is 2.40. The van der Waals surface area contributed by atoms with Crippen LogP contribution >= 0.6 is 11.6 Å². The highest BCUT2D eigenvalue weighted by atomic mass is 35.5. The van der Waals surface area contributed by atoms with Gasteiger partial charge in [0.25, 0.3) is 15.7 Å². The first-order valence-corrected chi connectivity index (χ1v) is 12.4. The van der Waals surface area contributed by atoms with Crippen LogP contribution in [0.4, 0.5) is 21.5 Å². The molecule has 10 heteroatoms. The number of nitro benzene ring substituents is 1. The lowest BCUT2D eigenvalue weighted by Gasteiger charge is -2.38. The van der Waals surface area contributed by atoms with Gasteiger partial charge in [-0.15, -0.1) is 0 Å². The molecule has 3 aromatic carbocycles. The standard InChI is InChI=1S/C24H19ClFN3O4S/c25-20-8-3-9-21(26)23(20)24-18-7-2-6-17(18)19-13-16(10-11-22(19)27-24)34(32,33)28-14-4-1-5-15(12-14)29(30)31/h1-6,8-13,17-18,24,27-28H,7H2/t17-,18+,24-/m0/s1. The van der Waals surface area contributed by atoms with Gasteiger partial charge in [-0.1, -0.05) is 35.9 Å². The minimum atomic E-state index is -4.00. The molecule has 0 bridgehead atoms. The van der Waals surface area contributed by atoms with Crippen LogP contribution in [0.15, 0.2) is 77.7 Å². The summed E-state index contributed by atoms with van der Waals surface area (Å²) in [4.78, 5) is 10.4. The van der Waals surface area contributed by atoms with Crippen molar-refractivity contribution in [3.63, 3.8) is 0 Å². The molecule has 174 valence electrons. The average molecular weight is 500 g/mol. The maximum absolute atomic E-state index is 14.7. The van der Waals surface area contributed by atoms with E-state index < -0.39 is 14.9 Å². The number of allylic oxidation sites excluding steroid dienone is 2. The second-order valence-corrected chi connectivity index (χ2v) is 10.4. The smallest absolute Gasteiger partial charge is 0.271 e. The lowest BCUT2D eigenvalue weighted by molar-refractivity contribution is -0.384. The Bertz CT molecular complexity index is 1420. The Morgan fingerprint density at radius 1 is 1.12 bits per heavy atom. The molecule has 5 rings (SSSR count). The number of halogens is 2. The molecule has 0 aromatic heterocycles. The van der Waals surface area contributed by atoms with Crippen molar-refractivity contribution in [2.45, 2.75) is 23.3 Å². The van der Waals surface area contributed by atoms with Crippen LogP contribution in [0.2, 0.25) is 5.02 Å². The molecule has 3 aromatic rings. The van der Waals surface area contributed by atoms with Crippen LogP contribution in [0.1, 0.15) is 29.5 Å². The van der Waals surface area contributed by atoms with Crippen LogP contribution in [0.5, 0.6) is 0 Å². The second-order valence-electron chi connectivity index (χ2n) is 8.27. The third-order valence-corrected chi connectivity index (χ3v) is 7.97. The summed E-state index contributed by atoms with van der Waals surface area (Å²) >= 11 is 6.34. The van der Waals surface area contributed by atoms with Gasteiger partial charge in [-0.05, 0) is 54.3 Å². The van der Waals surface area contributed by atoms with Crippen molar-refractivity contribution < 1.29 is 17.7 Å². The molecule has 0 saturated carbocycles. The average Bonchev–Trinajstić information content (AvgIpc) is 3.29. The number of fused-ring (bicyclic) bond motifs is 3. The van der Waals surface area contributed by atoms with E-state index in [1.165, 1.54) is 30.3 Å². The second kappa shape index (κ2) is 8.41. The highest BCUT2D eigenvalue weighted by molar-refractivity contribution is 7.92. The number of nitro groups is 1. The predicted molar refractivity (Wildman–Crippen MR) is 128 cm³/mol. The molecule has 1 aliphatic carbocycles. The highest BCUT2D eigenvalue weighted by Crippen LogP contribution is 2.51. The number of anilines is 2. The lowest BCUT2D eigenvalue weighted by Crippen LogP contribution is -2.30. The number of sulfonamides is 1. The van der Waals surface area contributed by atoms with Crippen molar-refractivity contribution in [1.29, 1.82) is 0 Å². The monoisotopic (exact) mass is 499 g/mol. The van der Waals surface area contributed by atoms with E-state index in [4.69, 9.17) is 11.6 Å². The fraction of sp³-hybridized carbons (Fsp3) is 0.167. The van der Waals surface area contributed by atoms with E-state index in [-0.39, 0.29) is 40.0 Å². The van der Waals surface area contributed by atoms with Gasteiger partial charge < -0.3 is 5.32 Å². The fourth-order valence-corrected chi connectivity index (χ4v) is 6.10. The van der Waals surface area contributed by atoms with Crippen LogP contribution in [0.3, 0.4) is 0 Å². The summed E-state index contributed by atoms with van der Waals surface area (Å²) in [6.07, 6.45) is 4.71. The summed E-state index contributed by atoms with van der Waals surface area (Å²) in [5.74, 6) is -0.547. The summed E-state index contributed by atoms with van der Waals surface area (Å²) in [5.41, 5.74) is 1.76. The van der Waals surface area contributed by atoms with E-state index in [0.29, 0.717) is 22.7 Å². The maximum atomic E-state index is 14.7. The van der Waals surface area contributed by atoms with Crippen molar-refractivity contribution in [3.8, 4) is 0 Å². The van der Waals surface area contributed by atoms with Crippen molar-refractivity contribution in [1.82, 2.24) is 0 Å². The van der Waals surface area contributed by atoms with Gasteiger partial charge in [0, 0.05) is 34.3 Å². The Kier molecular flexibility index (Phi) is 5.53. The van der Waals surface area contributed by atoms with Gasteiger partial charge >= 0.3 is 0 Å². The molecule has 1 aliphatic heterocycles. The Morgan fingerprint density at radius 2 is 1.91 bits per heavy atom. The number of nitrogens with zero attached hydrogens (tertiary/aromatic N) is 1. The summed E-state index contributed by atoms with van der Waals surface area (Å²) < 4.78 is 43.2. The minimum Gasteiger partial charge on any atom is -0.378 e. The van der Waals surface area contributed by atoms with Crippen LogP contribution < -0.4 is 10.0 Å². The van der Waals surface area contributed by atoms with Crippen LogP contribution in [-0.2, 0) is 10.0 Å². The molecule has 0 spiro atoms. The largest absolute Gasteiger partial charge is 0.378 e. The van der Waals surface area contributed by atoms with Gasteiger partial charge in [0.1, 0.15) is 5.82 Å². The van der Waals surface area contributed by atoms with Crippen molar-refractivity contribution in [2.75, 3.05) is 10.0 Å². The third kappa shape index (κ3) is 3.91. The summed E-state index contributed by atoms with van der Waals surface area (Å²) in [7, 11) is -4.00. The summed E-state index contributed by atoms with van der Waals surface area (Å²) in [5, 5.41) is 14.7. The molecule has 0 unspecified atom stereocenters. The third-order valence-electron chi connectivity index (χ3n) is 6.26. The van der Waals surface area contributed by atoms with E-state index >= 15 is 0 Å². The van der Waals surface area contributed by atoms with Crippen molar-refractivity contribution in [2.24, 2.45) is 5.92 Å². The lowest BCUT2D eigenvalue weighted by atomic mass is 9.77. The SMILES string of the molecule is O=[N+]([O-])c1cccc(NS(=O)(=O)c2ccc3c(c2)[C@H]2C=CC[C@H]2[C@@H](c2c(F)cccc2Cl)N3)c1. The zero-order valence-corrected chi connectivity index (χ0v) is 19.2. The van der Waals surface area contributed by atoms with E-state index in [1.54, 1.807) is 24.3 Å². The molecule has 0 saturated heterocycles. The van der Waals surface area contributed by atoms with Gasteiger partial charge in [0.15, 0.2) is 0 Å². The molecular weight excluding hydrogens is 481 g/mol. The van der Waals surface area contributed by atoms with Crippen LogP contribution in [0.25, 0.3) is 0 Å². The van der Waals surface area contributed by atoms with E-state index in [0.717, 1.165) is 11.6 Å². The van der Waals surface area contributed by atoms with Crippen molar-refractivity contribution in [3.05, 3.63) is 105 Å². The topological polar surface area (TPSA) is 101 Å². The first kappa shape index (κ1) is 22.4. The Morgan fingerprint density at radius 3 is 2.68 bits per heavy atom. The van der Waals surface area contributed by atoms with Gasteiger partial charge in [-0.3, -0.25) is 14.8 Å². The normalized spacial score (nSPS) is 20.8. The summed E-state index contributed by atoms with van der Waals surface area (Å²) in [6.45, 7) is 0. The molecule has 1 heterocycles. The van der Waals surface area contributed by atoms with E-state index in [9.17, 15) is 22.9 Å². The van der Waals surface area contributed by atoms with E-state index in [1.807, 2.05) is 12.2 Å². The Hall–Kier alpha value is -3.43. The molecule has 0 radical (unpaired) electrons. The number of hydrogen-bond acceptors (Lipinski definition) is 5. The summed E-state index contributed by atoms with van der Waals surface area (Å²) in [6, 6.07) is 14.2. The Labute approximate surface area is 200 Å². The van der Waals surface area contributed by atoms with Gasteiger partial charge in [-0.25, -0.2) is 12.8 Å². The molecule has 3 atom stereocenters. The van der Waals surface area contributed by atoms with E-state index in [2.05, 4.69) is 10.0 Å². The molecule has 34 heavy (non-hydrogen) atoms. The number of benzene rings is 3. The number of non-ortho nitro benzene ring substituents is 1. The maximum Gasteiger partial charge on any atom is 0.271 e. The van der Waals surface area contributed by atoms with Gasteiger partial charge in [0.05, 0.1) is 21.5 Å². The minimum absolute atomic E-state index is 0.0287. The molecule has 0 amide bonds. The van der Waals surface area contributed by atoms with Gasteiger partial charge in [0.2, 0.25) is 0 Å². The predicted octanol–water partition coefficient (Wildman–Crippen LogP) is 6.01. The quantitative estimate of drug-likeness (QED) is 0.254. The molecule has 7 nitrogen and oxygen atoms in total. The molecular formula is C24H19ClFN3O4S.